The number of carbonyl (C=O) groups is 1. The van der Waals surface area contributed by atoms with E-state index in [9.17, 15) is 9.59 Å². The maximum Gasteiger partial charge on any atom is 0.278 e. The predicted octanol–water partition coefficient (Wildman–Crippen LogP) is -0.00880. The first kappa shape index (κ1) is 13.8. The SMILES string of the molecule is Nc1ccccc1N(CCO)C(=O)c1ccc(=O)[nH]n1. The van der Waals surface area contributed by atoms with Crippen molar-refractivity contribution in [3.8, 4) is 0 Å². The van der Waals surface area contributed by atoms with Crippen LogP contribution in [0.2, 0.25) is 0 Å². The van der Waals surface area contributed by atoms with Gasteiger partial charge in [-0.1, -0.05) is 12.1 Å². The summed E-state index contributed by atoms with van der Waals surface area (Å²) in [5.41, 5.74) is 6.42. The first-order chi connectivity index (χ1) is 9.63. The van der Waals surface area contributed by atoms with Crippen LogP contribution in [-0.4, -0.2) is 34.4 Å². The summed E-state index contributed by atoms with van der Waals surface area (Å²) in [6, 6.07) is 9.36. The lowest BCUT2D eigenvalue weighted by molar-refractivity contribution is 0.0975. The van der Waals surface area contributed by atoms with Gasteiger partial charge in [0, 0.05) is 12.6 Å². The van der Waals surface area contributed by atoms with E-state index < -0.39 is 11.5 Å². The number of aliphatic hydroxyl groups is 1. The standard InChI is InChI=1S/C13H14N4O3/c14-9-3-1-2-4-11(9)17(7-8-18)13(20)10-5-6-12(19)16-15-10/h1-6,18H,7-8,14H2,(H,16,19). The summed E-state index contributed by atoms with van der Waals surface area (Å²) < 4.78 is 0. The number of carbonyl (C=O) groups excluding carboxylic acids is 1. The quantitative estimate of drug-likeness (QED) is 0.679. The number of nitrogens with two attached hydrogens (primary N) is 1. The molecule has 0 atom stereocenters. The highest BCUT2D eigenvalue weighted by molar-refractivity contribution is 6.06. The Hall–Kier alpha value is -2.67. The Balaban J connectivity index is 2.38. The van der Waals surface area contributed by atoms with E-state index in [1.807, 2.05) is 0 Å². The number of hydrogen-bond donors (Lipinski definition) is 3. The molecule has 2 rings (SSSR count). The van der Waals surface area contributed by atoms with Crippen LogP contribution < -0.4 is 16.2 Å². The highest BCUT2D eigenvalue weighted by Crippen LogP contribution is 2.23. The summed E-state index contributed by atoms with van der Waals surface area (Å²) in [4.78, 5) is 24.6. The number of amides is 1. The predicted molar refractivity (Wildman–Crippen MR) is 74.5 cm³/mol. The highest BCUT2D eigenvalue weighted by Gasteiger charge is 2.20. The number of anilines is 2. The van der Waals surface area contributed by atoms with Crippen molar-refractivity contribution in [3.05, 3.63) is 52.4 Å². The van der Waals surface area contributed by atoms with Crippen LogP contribution in [0.1, 0.15) is 10.5 Å². The number of nitrogens with one attached hydrogen (secondary N) is 1. The minimum absolute atomic E-state index is 0.0707. The van der Waals surface area contributed by atoms with Crippen LogP contribution in [0.3, 0.4) is 0 Å². The summed E-state index contributed by atoms with van der Waals surface area (Å²) in [5.74, 6) is -0.451. The Morgan fingerprint density at radius 1 is 1.30 bits per heavy atom. The number of rotatable bonds is 4. The van der Waals surface area contributed by atoms with Gasteiger partial charge in [0.05, 0.1) is 18.0 Å². The van der Waals surface area contributed by atoms with Crippen molar-refractivity contribution in [1.82, 2.24) is 10.2 Å². The van der Waals surface area contributed by atoms with Gasteiger partial charge in [-0.3, -0.25) is 9.59 Å². The van der Waals surface area contributed by atoms with E-state index in [1.54, 1.807) is 24.3 Å². The number of aromatic amines is 1. The zero-order valence-electron chi connectivity index (χ0n) is 10.6. The molecule has 2 aromatic rings. The third-order valence-corrected chi connectivity index (χ3v) is 2.69. The van der Waals surface area contributed by atoms with Gasteiger partial charge in [0.1, 0.15) is 5.69 Å². The van der Waals surface area contributed by atoms with Crippen molar-refractivity contribution in [2.45, 2.75) is 0 Å². The van der Waals surface area contributed by atoms with Crippen molar-refractivity contribution in [1.29, 1.82) is 0 Å². The molecule has 4 N–H and O–H groups in total. The molecule has 0 aliphatic carbocycles. The molecule has 1 aromatic carbocycles. The van der Waals surface area contributed by atoms with E-state index in [0.29, 0.717) is 11.4 Å². The number of aliphatic hydroxyl groups excluding tert-OH is 1. The number of nitrogens with zero attached hydrogens (tertiary/aromatic N) is 2. The minimum atomic E-state index is -0.451. The van der Waals surface area contributed by atoms with E-state index >= 15 is 0 Å². The van der Waals surface area contributed by atoms with Crippen LogP contribution in [0.5, 0.6) is 0 Å². The maximum absolute atomic E-state index is 12.4. The fourth-order valence-corrected chi connectivity index (χ4v) is 1.77. The summed E-state index contributed by atoms with van der Waals surface area (Å²) >= 11 is 0. The van der Waals surface area contributed by atoms with Crippen LogP contribution in [0, 0.1) is 0 Å². The lowest BCUT2D eigenvalue weighted by Gasteiger charge is -2.22. The Labute approximate surface area is 114 Å². The molecule has 0 fully saturated rings. The summed E-state index contributed by atoms with van der Waals surface area (Å²) in [6.07, 6.45) is 0. The molecule has 0 saturated carbocycles. The van der Waals surface area contributed by atoms with Crippen molar-refractivity contribution in [2.24, 2.45) is 0 Å². The third-order valence-electron chi connectivity index (χ3n) is 2.69. The van der Waals surface area contributed by atoms with Gasteiger partial charge in [-0.05, 0) is 18.2 Å². The Kier molecular flexibility index (Phi) is 4.11. The largest absolute Gasteiger partial charge is 0.397 e. The molecule has 0 unspecified atom stereocenters. The van der Waals surface area contributed by atoms with Gasteiger partial charge in [0.2, 0.25) is 0 Å². The number of benzene rings is 1. The minimum Gasteiger partial charge on any atom is -0.397 e. The monoisotopic (exact) mass is 274 g/mol. The molecule has 104 valence electrons. The Morgan fingerprint density at radius 3 is 2.65 bits per heavy atom. The van der Waals surface area contributed by atoms with Gasteiger partial charge in [-0.15, -0.1) is 0 Å². The fourth-order valence-electron chi connectivity index (χ4n) is 1.77. The summed E-state index contributed by atoms with van der Waals surface area (Å²) in [6.45, 7) is -0.142. The zero-order valence-corrected chi connectivity index (χ0v) is 10.6. The van der Waals surface area contributed by atoms with E-state index in [1.165, 1.54) is 17.0 Å². The molecule has 7 heteroatoms. The van der Waals surface area contributed by atoms with Gasteiger partial charge in [-0.25, -0.2) is 5.10 Å². The molecule has 1 aromatic heterocycles. The molecule has 1 heterocycles. The van der Waals surface area contributed by atoms with E-state index in [4.69, 9.17) is 10.8 Å². The van der Waals surface area contributed by atoms with Crippen molar-refractivity contribution in [2.75, 3.05) is 23.8 Å². The molecule has 0 aliphatic heterocycles. The van der Waals surface area contributed by atoms with Crippen LogP contribution in [0.15, 0.2) is 41.2 Å². The average molecular weight is 274 g/mol. The smallest absolute Gasteiger partial charge is 0.278 e. The summed E-state index contributed by atoms with van der Waals surface area (Å²) in [7, 11) is 0. The number of H-pyrrole nitrogens is 1. The number of nitrogen functional groups attached to an aromatic ring is 1. The second-order valence-corrected chi connectivity index (χ2v) is 4.05. The lowest BCUT2D eigenvalue weighted by Crippen LogP contribution is -2.35. The van der Waals surface area contributed by atoms with Crippen LogP contribution in [-0.2, 0) is 0 Å². The van der Waals surface area contributed by atoms with Crippen LogP contribution >= 0.6 is 0 Å². The number of hydrogen-bond acceptors (Lipinski definition) is 5. The van der Waals surface area contributed by atoms with Gasteiger partial charge in [0.25, 0.3) is 11.5 Å². The average Bonchev–Trinajstić information content (AvgIpc) is 2.46. The van der Waals surface area contributed by atoms with Gasteiger partial charge < -0.3 is 15.7 Å². The Bertz CT molecular complexity index is 648. The molecular weight excluding hydrogens is 260 g/mol. The van der Waals surface area contributed by atoms with Gasteiger partial charge >= 0.3 is 0 Å². The zero-order chi connectivity index (χ0) is 14.5. The van der Waals surface area contributed by atoms with Crippen LogP contribution in [0.4, 0.5) is 11.4 Å². The molecule has 1 amide bonds. The Morgan fingerprint density at radius 2 is 2.05 bits per heavy atom. The summed E-state index contributed by atoms with van der Waals surface area (Å²) in [5, 5.41) is 15.0. The second kappa shape index (κ2) is 5.98. The molecule has 7 nitrogen and oxygen atoms in total. The topological polar surface area (TPSA) is 112 Å². The van der Waals surface area contributed by atoms with Gasteiger partial charge in [-0.2, -0.15) is 5.10 Å². The molecular formula is C13H14N4O3. The molecule has 0 spiro atoms. The highest BCUT2D eigenvalue weighted by atomic mass is 16.3. The van der Waals surface area contributed by atoms with Gasteiger partial charge in [0.15, 0.2) is 0 Å². The third kappa shape index (κ3) is 2.83. The first-order valence-electron chi connectivity index (χ1n) is 5.96. The van der Waals surface area contributed by atoms with Crippen molar-refractivity contribution >= 4 is 17.3 Å². The first-order valence-corrected chi connectivity index (χ1v) is 5.96. The lowest BCUT2D eigenvalue weighted by atomic mass is 10.2. The number of aromatic nitrogens is 2. The van der Waals surface area contributed by atoms with E-state index in [-0.39, 0.29) is 18.8 Å². The van der Waals surface area contributed by atoms with Crippen molar-refractivity contribution < 1.29 is 9.90 Å². The molecule has 0 aliphatic rings. The number of para-hydroxylation sites is 2. The van der Waals surface area contributed by atoms with E-state index in [0.717, 1.165) is 0 Å². The molecule has 0 saturated heterocycles. The fraction of sp³-hybridized carbons (Fsp3) is 0.154. The second-order valence-electron chi connectivity index (χ2n) is 4.05. The van der Waals surface area contributed by atoms with Crippen molar-refractivity contribution in [3.63, 3.8) is 0 Å². The van der Waals surface area contributed by atoms with E-state index in [2.05, 4.69) is 10.2 Å². The normalized spacial score (nSPS) is 10.2. The molecule has 0 bridgehead atoms. The maximum atomic E-state index is 12.4. The molecule has 20 heavy (non-hydrogen) atoms. The van der Waals surface area contributed by atoms with Crippen LogP contribution in [0.25, 0.3) is 0 Å². The molecule has 0 radical (unpaired) electrons.